The van der Waals surface area contributed by atoms with Crippen LogP contribution in [-0.2, 0) is 12.3 Å². The van der Waals surface area contributed by atoms with Gasteiger partial charge in [0.1, 0.15) is 17.3 Å². The lowest BCUT2D eigenvalue weighted by atomic mass is 10.1. The molecule has 0 saturated heterocycles. The normalized spacial score (nSPS) is 10.8. The number of carbonyl (C=O) groups is 1. The first-order chi connectivity index (χ1) is 18.6. The number of hydrogen-bond acceptors (Lipinski definition) is 7. The quantitative estimate of drug-likeness (QED) is 0.231. The molecule has 0 radical (unpaired) electrons. The van der Waals surface area contributed by atoms with Gasteiger partial charge in [0, 0.05) is 22.6 Å². The molecule has 2 heterocycles. The van der Waals surface area contributed by atoms with Gasteiger partial charge in [0.05, 0.1) is 27.0 Å². The van der Waals surface area contributed by atoms with Crippen molar-refractivity contribution in [3.05, 3.63) is 108 Å². The van der Waals surface area contributed by atoms with E-state index in [-0.39, 0.29) is 5.91 Å². The molecule has 2 aromatic heterocycles. The average Bonchev–Trinajstić information content (AvgIpc) is 3.65. The zero-order valence-electron chi connectivity index (χ0n) is 21.0. The standard InChI is InChI=1S/C29H26N4O4S/c1-35-24-14-12-23(13-15-24)33-27(22-5-3-6-25(17-22)36-2)31-32-29(33)38-19-20-8-10-21(11-9-20)28(34)30-18-26-7-4-16-37-26/h3-17H,18-19H2,1-2H3,(H,30,34). The van der Waals surface area contributed by atoms with E-state index in [4.69, 9.17) is 13.9 Å². The number of furan rings is 1. The van der Waals surface area contributed by atoms with E-state index < -0.39 is 0 Å². The molecule has 0 saturated carbocycles. The van der Waals surface area contributed by atoms with E-state index in [0.717, 1.165) is 33.5 Å². The number of hydrogen-bond donors (Lipinski definition) is 1. The number of rotatable bonds is 10. The van der Waals surface area contributed by atoms with Crippen LogP contribution in [0.3, 0.4) is 0 Å². The highest BCUT2D eigenvalue weighted by Gasteiger charge is 2.17. The van der Waals surface area contributed by atoms with Crippen LogP contribution in [-0.4, -0.2) is 34.9 Å². The van der Waals surface area contributed by atoms with E-state index in [9.17, 15) is 4.79 Å². The second kappa shape index (κ2) is 11.7. The molecule has 9 heteroatoms. The Balaban J connectivity index is 1.35. The van der Waals surface area contributed by atoms with Crippen molar-refractivity contribution in [1.29, 1.82) is 0 Å². The molecule has 3 aromatic carbocycles. The maximum Gasteiger partial charge on any atom is 0.251 e. The van der Waals surface area contributed by atoms with E-state index in [1.165, 1.54) is 0 Å². The van der Waals surface area contributed by atoms with Crippen molar-refractivity contribution < 1.29 is 18.7 Å². The van der Waals surface area contributed by atoms with Crippen LogP contribution in [0.15, 0.2) is 101 Å². The summed E-state index contributed by atoms with van der Waals surface area (Å²) in [5, 5.41) is 12.6. The molecule has 0 aliphatic rings. The largest absolute Gasteiger partial charge is 0.497 e. The molecule has 0 spiro atoms. The first-order valence-corrected chi connectivity index (χ1v) is 12.9. The van der Waals surface area contributed by atoms with Gasteiger partial charge in [-0.2, -0.15) is 0 Å². The van der Waals surface area contributed by atoms with E-state index in [0.29, 0.717) is 29.4 Å². The summed E-state index contributed by atoms with van der Waals surface area (Å²) >= 11 is 1.57. The maximum atomic E-state index is 12.5. The van der Waals surface area contributed by atoms with E-state index >= 15 is 0 Å². The number of carbonyl (C=O) groups excluding carboxylic acids is 1. The smallest absolute Gasteiger partial charge is 0.251 e. The van der Waals surface area contributed by atoms with Crippen LogP contribution in [0, 0.1) is 0 Å². The first-order valence-electron chi connectivity index (χ1n) is 11.9. The third-order valence-electron chi connectivity index (χ3n) is 5.88. The minimum Gasteiger partial charge on any atom is -0.497 e. The van der Waals surface area contributed by atoms with Crippen LogP contribution in [0.2, 0.25) is 0 Å². The van der Waals surface area contributed by atoms with Crippen LogP contribution >= 0.6 is 11.8 Å². The second-order valence-corrected chi connectivity index (χ2v) is 9.26. The Kier molecular flexibility index (Phi) is 7.75. The van der Waals surface area contributed by atoms with Crippen molar-refractivity contribution in [2.75, 3.05) is 14.2 Å². The van der Waals surface area contributed by atoms with E-state index in [2.05, 4.69) is 15.5 Å². The van der Waals surface area contributed by atoms with Crippen LogP contribution < -0.4 is 14.8 Å². The summed E-state index contributed by atoms with van der Waals surface area (Å²) in [5.41, 5.74) is 3.46. The minimum absolute atomic E-state index is 0.150. The SMILES string of the molecule is COc1ccc(-n2c(SCc3ccc(C(=O)NCc4ccco4)cc3)nnc2-c2cccc(OC)c2)cc1. The average molecular weight is 527 g/mol. The molecular weight excluding hydrogens is 500 g/mol. The molecule has 5 aromatic rings. The lowest BCUT2D eigenvalue weighted by molar-refractivity contribution is 0.0948. The monoisotopic (exact) mass is 526 g/mol. The summed E-state index contributed by atoms with van der Waals surface area (Å²) in [7, 11) is 3.29. The Hall–Kier alpha value is -4.50. The van der Waals surface area contributed by atoms with Crippen molar-refractivity contribution in [3.8, 4) is 28.6 Å². The molecule has 1 N–H and O–H groups in total. The minimum atomic E-state index is -0.150. The second-order valence-electron chi connectivity index (χ2n) is 8.32. The Morgan fingerprint density at radius 2 is 1.71 bits per heavy atom. The van der Waals surface area contributed by atoms with E-state index in [1.54, 1.807) is 38.3 Å². The molecule has 0 bridgehead atoms. The predicted octanol–water partition coefficient (Wildman–Crippen LogP) is 5.77. The van der Waals surface area contributed by atoms with Gasteiger partial charge >= 0.3 is 0 Å². The van der Waals surface area contributed by atoms with Crippen molar-refractivity contribution in [2.45, 2.75) is 17.5 Å². The number of nitrogens with zero attached hydrogens (tertiary/aromatic N) is 3. The molecule has 0 aliphatic heterocycles. The summed E-state index contributed by atoms with van der Waals surface area (Å²) in [6, 6.07) is 26.7. The highest BCUT2D eigenvalue weighted by Crippen LogP contribution is 2.31. The number of aromatic nitrogens is 3. The molecule has 5 rings (SSSR count). The molecule has 0 unspecified atom stereocenters. The van der Waals surface area contributed by atoms with Gasteiger partial charge in [0.25, 0.3) is 5.91 Å². The number of methoxy groups -OCH3 is 2. The summed E-state index contributed by atoms with van der Waals surface area (Å²) in [4.78, 5) is 12.5. The first kappa shape index (κ1) is 25.2. The number of nitrogens with one attached hydrogen (secondary N) is 1. The van der Waals surface area contributed by atoms with Crippen molar-refractivity contribution >= 4 is 17.7 Å². The van der Waals surface area contributed by atoms with Crippen LogP contribution in [0.5, 0.6) is 11.5 Å². The van der Waals surface area contributed by atoms with Gasteiger partial charge in [0.2, 0.25) is 0 Å². The Morgan fingerprint density at radius 3 is 2.42 bits per heavy atom. The molecule has 1 amide bonds. The third-order valence-corrected chi connectivity index (χ3v) is 6.88. The lowest BCUT2D eigenvalue weighted by Gasteiger charge is -2.12. The maximum absolute atomic E-state index is 12.5. The summed E-state index contributed by atoms with van der Waals surface area (Å²) in [5.74, 6) is 3.44. The zero-order valence-corrected chi connectivity index (χ0v) is 21.8. The summed E-state index contributed by atoms with van der Waals surface area (Å²) < 4.78 is 18.0. The van der Waals surface area contributed by atoms with Gasteiger partial charge in [-0.3, -0.25) is 9.36 Å². The molecule has 8 nitrogen and oxygen atoms in total. The zero-order chi connectivity index (χ0) is 26.3. The topological polar surface area (TPSA) is 91.4 Å². The van der Waals surface area contributed by atoms with Gasteiger partial charge in [-0.1, -0.05) is 36.0 Å². The summed E-state index contributed by atoms with van der Waals surface area (Å²) in [6.45, 7) is 0.347. The van der Waals surface area contributed by atoms with Crippen LogP contribution in [0.4, 0.5) is 0 Å². The van der Waals surface area contributed by atoms with Gasteiger partial charge < -0.3 is 19.2 Å². The molecule has 38 heavy (non-hydrogen) atoms. The van der Waals surface area contributed by atoms with Gasteiger partial charge in [-0.15, -0.1) is 10.2 Å². The fraction of sp³-hybridized carbons (Fsp3) is 0.138. The predicted molar refractivity (Wildman–Crippen MR) is 146 cm³/mol. The van der Waals surface area contributed by atoms with Gasteiger partial charge in [-0.25, -0.2) is 0 Å². The fourth-order valence-electron chi connectivity index (χ4n) is 3.86. The Labute approximate surface area is 224 Å². The number of thioether (sulfide) groups is 1. The van der Waals surface area contributed by atoms with Crippen molar-refractivity contribution in [3.63, 3.8) is 0 Å². The molecular formula is C29H26N4O4S. The number of ether oxygens (including phenoxy) is 2. The van der Waals surface area contributed by atoms with Gasteiger partial charge in [-0.05, 0) is 66.2 Å². The summed E-state index contributed by atoms with van der Waals surface area (Å²) in [6.07, 6.45) is 1.59. The molecule has 0 atom stereocenters. The van der Waals surface area contributed by atoms with Gasteiger partial charge in [0.15, 0.2) is 11.0 Å². The number of benzene rings is 3. The highest BCUT2D eigenvalue weighted by atomic mass is 32.2. The molecule has 0 fully saturated rings. The molecule has 192 valence electrons. The van der Waals surface area contributed by atoms with Crippen LogP contribution in [0.1, 0.15) is 21.7 Å². The lowest BCUT2D eigenvalue weighted by Crippen LogP contribution is -2.22. The van der Waals surface area contributed by atoms with Crippen molar-refractivity contribution in [2.24, 2.45) is 0 Å². The Morgan fingerprint density at radius 1 is 0.921 bits per heavy atom. The highest BCUT2D eigenvalue weighted by molar-refractivity contribution is 7.98. The fourth-order valence-corrected chi connectivity index (χ4v) is 4.77. The third kappa shape index (κ3) is 5.73. The Bertz CT molecular complexity index is 1500. The van der Waals surface area contributed by atoms with Crippen molar-refractivity contribution in [1.82, 2.24) is 20.1 Å². The molecule has 0 aliphatic carbocycles. The number of amides is 1. The van der Waals surface area contributed by atoms with Crippen LogP contribution in [0.25, 0.3) is 17.1 Å². The van der Waals surface area contributed by atoms with E-state index in [1.807, 2.05) is 83.4 Å².